The molecule has 0 aromatic heterocycles. The second-order valence-electron chi connectivity index (χ2n) is 7.61. The zero-order valence-electron chi connectivity index (χ0n) is 16.9. The van der Waals surface area contributed by atoms with Gasteiger partial charge in [0.2, 0.25) is 11.8 Å². The number of carbonyl (C=O) groups is 2. The molecule has 1 saturated heterocycles. The first-order valence-corrected chi connectivity index (χ1v) is 12.9. The average molecular weight is 498 g/mol. The van der Waals surface area contributed by atoms with Crippen molar-refractivity contribution in [3.63, 3.8) is 0 Å². The summed E-state index contributed by atoms with van der Waals surface area (Å²) in [5, 5.41) is 1.68. The zero-order chi connectivity index (χ0) is 22.9. The van der Waals surface area contributed by atoms with E-state index in [1.165, 1.54) is 18.2 Å². The smallest absolute Gasteiger partial charge is 0.262 e. The van der Waals surface area contributed by atoms with Gasteiger partial charge in [-0.1, -0.05) is 24.4 Å². The van der Waals surface area contributed by atoms with Crippen LogP contribution in [0, 0.1) is 5.82 Å². The van der Waals surface area contributed by atoms with E-state index >= 15 is 0 Å². The van der Waals surface area contributed by atoms with Crippen LogP contribution >= 0.6 is 23.4 Å². The highest BCUT2D eigenvalue weighted by Gasteiger charge is 2.36. The number of nitrogens with one attached hydrogen (secondary N) is 2. The van der Waals surface area contributed by atoms with Gasteiger partial charge in [0.15, 0.2) is 5.25 Å². The number of nitrogens with zero attached hydrogens (tertiary/aromatic N) is 1. The number of benzene rings is 2. The first kappa shape index (κ1) is 22.9. The number of amides is 2. The van der Waals surface area contributed by atoms with Gasteiger partial charge in [0.1, 0.15) is 5.82 Å². The first-order chi connectivity index (χ1) is 15.2. The molecule has 32 heavy (non-hydrogen) atoms. The molecule has 0 saturated carbocycles. The van der Waals surface area contributed by atoms with Crippen molar-refractivity contribution < 1.29 is 22.4 Å². The zero-order valence-corrected chi connectivity index (χ0v) is 19.3. The molecule has 2 amide bonds. The molecular weight excluding hydrogens is 477 g/mol. The largest absolute Gasteiger partial charge is 0.341 e. The molecule has 0 spiro atoms. The topological polar surface area (TPSA) is 95.6 Å². The van der Waals surface area contributed by atoms with Crippen LogP contribution in [0.4, 0.5) is 15.8 Å². The fourth-order valence-electron chi connectivity index (χ4n) is 3.65. The van der Waals surface area contributed by atoms with Gasteiger partial charge in [-0.05, 0) is 49.2 Å². The third-order valence-corrected chi connectivity index (χ3v) is 8.26. The van der Waals surface area contributed by atoms with Crippen LogP contribution in [-0.4, -0.2) is 43.5 Å². The molecule has 2 aromatic rings. The summed E-state index contributed by atoms with van der Waals surface area (Å²) in [5.41, 5.74) is 0.348. The summed E-state index contributed by atoms with van der Waals surface area (Å²) in [5.74, 6) is -1.28. The normalized spacial score (nSPS) is 19.0. The van der Waals surface area contributed by atoms with Crippen molar-refractivity contribution in [1.82, 2.24) is 4.90 Å². The number of halogens is 2. The molecule has 4 rings (SSSR count). The van der Waals surface area contributed by atoms with Crippen molar-refractivity contribution in [1.29, 1.82) is 0 Å². The molecule has 2 aliphatic heterocycles. The summed E-state index contributed by atoms with van der Waals surface area (Å²) in [6, 6.07) is 7.59. The highest BCUT2D eigenvalue weighted by Crippen LogP contribution is 2.38. The molecule has 2 aromatic carbocycles. The lowest BCUT2D eigenvalue weighted by molar-refractivity contribution is -0.133. The highest BCUT2D eigenvalue weighted by molar-refractivity contribution is 8.01. The third-order valence-electron chi connectivity index (χ3n) is 5.32. The van der Waals surface area contributed by atoms with E-state index in [4.69, 9.17) is 11.6 Å². The van der Waals surface area contributed by atoms with E-state index in [2.05, 4.69) is 10.0 Å². The van der Waals surface area contributed by atoms with E-state index in [1.54, 1.807) is 11.0 Å². The van der Waals surface area contributed by atoms with Gasteiger partial charge >= 0.3 is 0 Å². The van der Waals surface area contributed by atoms with Crippen LogP contribution in [0.1, 0.15) is 25.7 Å². The lowest BCUT2D eigenvalue weighted by Crippen LogP contribution is -2.45. The summed E-state index contributed by atoms with van der Waals surface area (Å²) in [6.45, 7) is 1.29. The molecule has 2 aliphatic rings. The quantitative estimate of drug-likeness (QED) is 0.620. The molecule has 7 nitrogen and oxygen atoms in total. The number of carbonyl (C=O) groups excluding carboxylic acids is 2. The number of likely N-dealkylation sites (tertiary alicyclic amines) is 1. The van der Waals surface area contributed by atoms with Crippen LogP contribution in [0.5, 0.6) is 0 Å². The summed E-state index contributed by atoms with van der Waals surface area (Å²) in [7, 11) is -4.04. The van der Waals surface area contributed by atoms with Crippen LogP contribution in [0.15, 0.2) is 46.2 Å². The Kier molecular flexibility index (Phi) is 6.64. The first-order valence-electron chi connectivity index (χ1n) is 10.1. The second-order valence-corrected chi connectivity index (χ2v) is 10.9. The molecule has 2 heterocycles. The Morgan fingerprint density at radius 1 is 1.12 bits per heavy atom. The van der Waals surface area contributed by atoms with Crippen molar-refractivity contribution in [3.05, 3.63) is 47.2 Å². The Balaban J connectivity index is 1.53. The maximum atomic E-state index is 13.2. The van der Waals surface area contributed by atoms with E-state index in [-0.39, 0.29) is 21.5 Å². The van der Waals surface area contributed by atoms with Crippen molar-refractivity contribution in [2.45, 2.75) is 40.7 Å². The van der Waals surface area contributed by atoms with Crippen LogP contribution in [0.2, 0.25) is 5.02 Å². The minimum Gasteiger partial charge on any atom is -0.341 e. The standard InChI is InChI=1S/C21H21ClFN3O4S2/c22-15-11-13(23)5-7-16(15)25-32(29,30)14-6-8-18-17(12-14)24-20(27)19(31-18)21(28)26-9-3-1-2-4-10-26/h5-8,11-12,19,25H,1-4,9-10H2,(H,24,27)/t19-/m0/s1. The van der Waals surface area contributed by atoms with Gasteiger partial charge in [-0.15, -0.1) is 11.8 Å². The van der Waals surface area contributed by atoms with Gasteiger partial charge in [-0.2, -0.15) is 0 Å². The third kappa shape index (κ3) is 4.87. The van der Waals surface area contributed by atoms with E-state index in [0.29, 0.717) is 23.7 Å². The molecule has 0 unspecified atom stereocenters. The molecule has 0 aliphatic carbocycles. The van der Waals surface area contributed by atoms with Crippen molar-refractivity contribution in [3.8, 4) is 0 Å². The van der Waals surface area contributed by atoms with Gasteiger partial charge in [0.25, 0.3) is 10.0 Å². The second kappa shape index (κ2) is 9.29. The number of fused-ring (bicyclic) bond motifs is 1. The van der Waals surface area contributed by atoms with E-state index in [9.17, 15) is 22.4 Å². The summed E-state index contributed by atoms with van der Waals surface area (Å²) in [4.78, 5) is 27.8. The summed E-state index contributed by atoms with van der Waals surface area (Å²) < 4.78 is 41.1. The van der Waals surface area contributed by atoms with Crippen molar-refractivity contribution in [2.75, 3.05) is 23.1 Å². The fourth-order valence-corrected chi connectivity index (χ4v) is 6.08. The average Bonchev–Trinajstić information content (AvgIpc) is 3.04. The molecular formula is C21H21ClFN3O4S2. The lowest BCUT2D eigenvalue weighted by Gasteiger charge is -2.28. The Morgan fingerprint density at radius 3 is 2.53 bits per heavy atom. The number of thioether (sulfide) groups is 1. The van der Waals surface area contributed by atoms with Gasteiger partial charge in [-0.3, -0.25) is 14.3 Å². The minimum atomic E-state index is -4.04. The van der Waals surface area contributed by atoms with Gasteiger partial charge in [0.05, 0.1) is 21.3 Å². The predicted octanol–water partition coefficient (Wildman–Crippen LogP) is 4.10. The van der Waals surface area contributed by atoms with Gasteiger partial charge < -0.3 is 10.2 Å². The molecule has 1 fully saturated rings. The van der Waals surface area contributed by atoms with Crippen LogP contribution < -0.4 is 10.0 Å². The highest BCUT2D eigenvalue weighted by atomic mass is 35.5. The molecule has 0 radical (unpaired) electrons. The Bertz CT molecular complexity index is 1170. The number of rotatable bonds is 4. The predicted molar refractivity (Wildman–Crippen MR) is 122 cm³/mol. The molecule has 11 heteroatoms. The van der Waals surface area contributed by atoms with Crippen molar-refractivity contribution in [2.24, 2.45) is 0 Å². The fraction of sp³-hybridized carbons (Fsp3) is 0.333. The Morgan fingerprint density at radius 2 is 1.84 bits per heavy atom. The van der Waals surface area contributed by atoms with E-state index in [0.717, 1.165) is 49.6 Å². The van der Waals surface area contributed by atoms with Gasteiger partial charge in [-0.25, -0.2) is 12.8 Å². The number of anilines is 2. The Hall–Kier alpha value is -2.30. The molecule has 2 N–H and O–H groups in total. The van der Waals surface area contributed by atoms with Crippen LogP contribution in [0.3, 0.4) is 0 Å². The lowest BCUT2D eigenvalue weighted by atomic mass is 10.2. The maximum absolute atomic E-state index is 13.2. The van der Waals surface area contributed by atoms with Crippen LogP contribution in [0.25, 0.3) is 0 Å². The van der Waals surface area contributed by atoms with Crippen molar-refractivity contribution >= 4 is 56.6 Å². The molecule has 0 bridgehead atoms. The number of sulfonamides is 1. The summed E-state index contributed by atoms with van der Waals surface area (Å²) in [6.07, 6.45) is 4.00. The SMILES string of the molecule is O=C1Nc2cc(S(=O)(=O)Nc3ccc(F)cc3Cl)ccc2S[C@@H]1C(=O)N1CCCCCC1. The number of hydrogen-bond acceptors (Lipinski definition) is 5. The molecule has 1 atom stereocenters. The summed E-state index contributed by atoms with van der Waals surface area (Å²) >= 11 is 7.03. The monoisotopic (exact) mass is 497 g/mol. The minimum absolute atomic E-state index is 0.0345. The van der Waals surface area contributed by atoms with Crippen LogP contribution in [-0.2, 0) is 19.6 Å². The Labute approximate surface area is 194 Å². The molecule has 170 valence electrons. The number of hydrogen-bond donors (Lipinski definition) is 2. The van der Waals surface area contributed by atoms with E-state index < -0.39 is 27.0 Å². The van der Waals surface area contributed by atoms with E-state index in [1.807, 2.05) is 0 Å². The maximum Gasteiger partial charge on any atom is 0.262 e. The van der Waals surface area contributed by atoms with Gasteiger partial charge in [0, 0.05) is 18.0 Å².